The van der Waals surface area contributed by atoms with Crippen molar-refractivity contribution in [3.8, 4) is 0 Å². The van der Waals surface area contributed by atoms with Crippen LogP contribution in [0.5, 0.6) is 0 Å². The van der Waals surface area contributed by atoms with Gasteiger partial charge >= 0.3 is 0 Å². The number of hydrogen-bond donors (Lipinski definition) is 0. The third-order valence-electron chi connectivity index (χ3n) is 3.19. The molecule has 2 atom stereocenters. The smallest absolute Gasteiger partial charge is 0.111 e. The second kappa shape index (κ2) is 6.65. The molecule has 0 aliphatic heterocycles. The minimum absolute atomic E-state index is 0.0240. The average molecular weight is 354 g/mol. The molecular formula is C13H15Cl3N2OS. The summed E-state index contributed by atoms with van der Waals surface area (Å²) in [5, 5.41) is 0.993. The molecule has 2 unspecified atom stereocenters. The SMILES string of the molecule is CC(Cn1c(CCCl)nc2cc(Cl)c(Cl)cc21)S(C)=O. The highest BCUT2D eigenvalue weighted by atomic mass is 35.5. The van der Waals surface area contributed by atoms with Gasteiger partial charge in [0.1, 0.15) is 5.82 Å². The Morgan fingerprint density at radius 1 is 1.35 bits per heavy atom. The van der Waals surface area contributed by atoms with Crippen LogP contribution in [0.3, 0.4) is 0 Å². The van der Waals surface area contributed by atoms with Crippen molar-refractivity contribution in [2.75, 3.05) is 12.1 Å². The summed E-state index contributed by atoms with van der Waals surface area (Å²) >= 11 is 17.9. The van der Waals surface area contributed by atoms with Gasteiger partial charge < -0.3 is 4.57 Å². The molecule has 110 valence electrons. The summed E-state index contributed by atoms with van der Waals surface area (Å²) in [5.41, 5.74) is 1.69. The minimum Gasteiger partial charge on any atom is -0.327 e. The van der Waals surface area contributed by atoms with E-state index in [9.17, 15) is 4.21 Å². The first kappa shape index (κ1) is 16.1. The molecule has 0 saturated heterocycles. The van der Waals surface area contributed by atoms with Gasteiger partial charge in [-0.05, 0) is 19.1 Å². The highest BCUT2D eigenvalue weighted by Crippen LogP contribution is 2.29. The number of fused-ring (bicyclic) bond motifs is 1. The normalized spacial score (nSPS) is 14.7. The highest BCUT2D eigenvalue weighted by Gasteiger charge is 2.16. The van der Waals surface area contributed by atoms with Crippen LogP contribution >= 0.6 is 34.8 Å². The number of nitrogens with zero attached hydrogens (tertiary/aromatic N) is 2. The quantitative estimate of drug-likeness (QED) is 0.764. The van der Waals surface area contributed by atoms with Crippen molar-refractivity contribution in [1.82, 2.24) is 9.55 Å². The maximum atomic E-state index is 11.6. The van der Waals surface area contributed by atoms with E-state index in [-0.39, 0.29) is 5.25 Å². The molecule has 0 fully saturated rings. The molecule has 0 saturated carbocycles. The Kier molecular flexibility index (Phi) is 5.35. The minimum atomic E-state index is -0.900. The van der Waals surface area contributed by atoms with Gasteiger partial charge in [-0.1, -0.05) is 23.2 Å². The van der Waals surface area contributed by atoms with Crippen molar-refractivity contribution in [2.45, 2.75) is 25.1 Å². The first-order valence-corrected chi connectivity index (χ1v) is 9.07. The van der Waals surface area contributed by atoms with E-state index >= 15 is 0 Å². The van der Waals surface area contributed by atoms with Gasteiger partial charge in [0.2, 0.25) is 0 Å². The summed E-state index contributed by atoms with van der Waals surface area (Å²) in [7, 11) is -0.900. The molecule has 1 heterocycles. The molecule has 0 bridgehead atoms. The van der Waals surface area contributed by atoms with E-state index in [2.05, 4.69) is 4.98 Å². The van der Waals surface area contributed by atoms with E-state index in [0.29, 0.717) is 28.9 Å². The van der Waals surface area contributed by atoms with E-state index in [4.69, 9.17) is 34.8 Å². The summed E-state index contributed by atoms with van der Waals surface area (Å²) in [4.78, 5) is 4.55. The lowest BCUT2D eigenvalue weighted by Gasteiger charge is -2.13. The fourth-order valence-corrected chi connectivity index (χ4v) is 2.86. The van der Waals surface area contributed by atoms with Crippen LogP contribution in [0.1, 0.15) is 12.7 Å². The molecule has 0 aliphatic rings. The Morgan fingerprint density at radius 2 is 2.00 bits per heavy atom. The first-order valence-electron chi connectivity index (χ1n) is 6.16. The molecule has 1 aromatic carbocycles. The van der Waals surface area contributed by atoms with Gasteiger partial charge in [-0.2, -0.15) is 0 Å². The molecule has 0 N–H and O–H groups in total. The molecule has 0 spiro atoms. The standard InChI is InChI=1S/C13H15Cl3N2OS/c1-8(20(2)19)7-18-12-6-10(16)9(15)5-11(12)17-13(18)3-4-14/h5-6,8H,3-4,7H2,1-2H3. The van der Waals surface area contributed by atoms with Crippen LogP contribution in [0.15, 0.2) is 12.1 Å². The molecule has 20 heavy (non-hydrogen) atoms. The van der Waals surface area contributed by atoms with Gasteiger partial charge in [0.15, 0.2) is 0 Å². The summed E-state index contributed by atoms with van der Waals surface area (Å²) in [6.07, 6.45) is 2.35. The zero-order chi connectivity index (χ0) is 14.9. The maximum Gasteiger partial charge on any atom is 0.111 e. The van der Waals surface area contributed by atoms with Crippen LogP contribution in [0.2, 0.25) is 10.0 Å². The second-order valence-electron chi connectivity index (χ2n) is 4.64. The number of benzene rings is 1. The van der Waals surface area contributed by atoms with Crippen LogP contribution in [-0.4, -0.2) is 31.1 Å². The zero-order valence-electron chi connectivity index (χ0n) is 11.2. The number of rotatable bonds is 5. The van der Waals surface area contributed by atoms with E-state index in [1.807, 2.05) is 11.5 Å². The number of aromatic nitrogens is 2. The lowest BCUT2D eigenvalue weighted by atomic mass is 10.3. The fourth-order valence-electron chi connectivity index (χ4n) is 2.01. The summed E-state index contributed by atoms with van der Waals surface area (Å²) in [6.45, 7) is 2.56. The predicted octanol–water partition coefficient (Wildman–Crippen LogP) is 3.89. The third-order valence-corrected chi connectivity index (χ3v) is 5.39. The predicted molar refractivity (Wildman–Crippen MR) is 87.7 cm³/mol. The molecule has 0 aliphatic carbocycles. The van der Waals surface area contributed by atoms with Crippen molar-refractivity contribution in [2.24, 2.45) is 0 Å². The van der Waals surface area contributed by atoms with Crippen LogP contribution in [0.25, 0.3) is 11.0 Å². The lowest BCUT2D eigenvalue weighted by molar-refractivity contribution is 0.635. The van der Waals surface area contributed by atoms with Gasteiger partial charge in [0.25, 0.3) is 0 Å². The molecule has 0 amide bonds. The zero-order valence-corrected chi connectivity index (χ0v) is 14.3. The van der Waals surface area contributed by atoms with Crippen molar-refractivity contribution >= 4 is 56.6 Å². The van der Waals surface area contributed by atoms with Crippen molar-refractivity contribution in [3.63, 3.8) is 0 Å². The number of alkyl halides is 1. The third kappa shape index (κ3) is 3.30. The highest BCUT2D eigenvalue weighted by molar-refractivity contribution is 7.84. The number of halogens is 3. The van der Waals surface area contributed by atoms with Gasteiger partial charge in [-0.25, -0.2) is 4.98 Å². The monoisotopic (exact) mass is 352 g/mol. The van der Waals surface area contributed by atoms with Crippen LogP contribution in [0, 0.1) is 0 Å². The van der Waals surface area contributed by atoms with Gasteiger partial charge in [-0.15, -0.1) is 11.6 Å². The number of imidazole rings is 1. The summed E-state index contributed by atoms with van der Waals surface area (Å²) in [5.74, 6) is 1.35. The van der Waals surface area contributed by atoms with Crippen LogP contribution in [-0.2, 0) is 23.8 Å². The van der Waals surface area contributed by atoms with Gasteiger partial charge in [0.05, 0.1) is 21.1 Å². The molecular weight excluding hydrogens is 339 g/mol. The van der Waals surface area contributed by atoms with E-state index in [0.717, 1.165) is 16.9 Å². The van der Waals surface area contributed by atoms with E-state index in [1.54, 1.807) is 18.4 Å². The fraction of sp³-hybridized carbons (Fsp3) is 0.462. The van der Waals surface area contributed by atoms with E-state index < -0.39 is 10.8 Å². The van der Waals surface area contributed by atoms with Crippen molar-refractivity contribution in [1.29, 1.82) is 0 Å². The van der Waals surface area contributed by atoms with Crippen molar-refractivity contribution in [3.05, 3.63) is 28.0 Å². The molecule has 0 radical (unpaired) electrons. The largest absolute Gasteiger partial charge is 0.327 e. The molecule has 3 nitrogen and oxygen atoms in total. The number of hydrogen-bond acceptors (Lipinski definition) is 2. The Morgan fingerprint density at radius 3 is 2.60 bits per heavy atom. The van der Waals surface area contributed by atoms with Crippen LogP contribution in [0.4, 0.5) is 0 Å². The van der Waals surface area contributed by atoms with Crippen molar-refractivity contribution < 1.29 is 4.21 Å². The topological polar surface area (TPSA) is 34.9 Å². The van der Waals surface area contributed by atoms with E-state index in [1.165, 1.54) is 0 Å². The van der Waals surface area contributed by atoms with Gasteiger partial charge in [0, 0.05) is 41.2 Å². The molecule has 7 heteroatoms. The molecule has 2 aromatic rings. The Bertz CT molecular complexity index is 657. The van der Waals surface area contributed by atoms with Crippen LogP contribution < -0.4 is 0 Å². The molecule has 2 rings (SSSR count). The molecule has 1 aromatic heterocycles. The average Bonchev–Trinajstić information content (AvgIpc) is 2.68. The number of aryl methyl sites for hydroxylation is 1. The Labute approximate surface area is 135 Å². The summed E-state index contributed by atoms with van der Waals surface area (Å²) < 4.78 is 13.6. The first-order chi connectivity index (χ1) is 9.43. The second-order valence-corrected chi connectivity index (χ2v) is 7.64. The Hall–Kier alpha value is -0.290. The summed E-state index contributed by atoms with van der Waals surface area (Å²) in [6, 6.07) is 3.55. The Balaban J connectivity index is 2.55. The maximum absolute atomic E-state index is 11.6. The van der Waals surface area contributed by atoms with Gasteiger partial charge in [-0.3, -0.25) is 4.21 Å². The lowest BCUT2D eigenvalue weighted by Crippen LogP contribution is -2.19.